The van der Waals surface area contributed by atoms with Crippen molar-refractivity contribution in [2.24, 2.45) is 5.11 Å². The normalized spacial score (nSPS) is 13.6. The lowest BCUT2D eigenvalue weighted by molar-refractivity contribution is 0.0976. The average molecular weight is 551 g/mol. The first kappa shape index (κ1) is 29.4. The molecule has 3 aromatic carbocycles. The molecule has 0 radical (unpaired) electrons. The Morgan fingerprint density at radius 3 is 2.15 bits per heavy atom. The monoisotopic (exact) mass is 550 g/mol. The number of carbonyl (C=O) groups excluding carboxylic acids is 2. The molecule has 3 aromatic rings. The molecule has 1 unspecified atom stereocenters. The van der Waals surface area contributed by atoms with Gasteiger partial charge in [-0.15, -0.1) is 5.11 Å². The smallest absolute Gasteiger partial charge is 0.322 e. The minimum absolute atomic E-state index is 0.193. The average Bonchev–Trinajstić information content (AvgIpc) is 3.00. The van der Waals surface area contributed by atoms with Crippen LogP contribution in [0.5, 0.6) is 0 Å². The van der Waals surface area contributed by atoms with Crippen LogP contribution >= 0.6 is 0 Å². The van der Waals surface area contributed by atoms with E-state index in [1.165, 1.54) is 29.5 Å². The number of allylic oxidation sites excluding steroid dienone is 2. The zero-order valence-electron chi connectivity index (χ0n) is 23.9. The van der Waals surface area contributed by atoms with Gasteiger partial charge in [-0.25, -0.2) is 10.3 Å². The maximum absolute atomic E-state index is 13.7. The predicted octanol–water partition coefficient (Wildman–Crippen LogP) is 7.94. The lowest BCUT2D eigenvalue weighted by Gasteiger charge is -2.26. The lowest BCUT2D eigenvalue weighted by Crippen LogP contribution is -2.40. The Morgan fingerprint density at radius 1 is 0.902 bits per heavy atom. The fourth-order valence-corrected chi connectivity index (χ4v) is 4.90. The molecule has 0 saturated carbocycles. The minimum atomic E-state index is -0.526. The van der Waals surface area contributed by atoms with E-state index in [-0.39, 0.29) is 12.1 Å². The first-order valence-corrected chi connectivity index (χ1v) is 14.1. The molecule has 4 N–H and O–H groups in total. The van der Waals surface area contributed by atoms with Gasteiger partial charge in [0, 0.05) is 11.3 Å². The number of nitrogens with one attached hydrogen (secondary N) is 4. The molecule has 0 heterocycles. The van der Waals surface area contributed by atoms with Gasteiger partial charge in [0.2, 0.25) is 5.96 Å². The van der Waals surface area contributed by atoms with E-state index in [1.807, 2.05) is 19.1 Å². The molecule has 4 rings (SSSR count). The van der Waals surface area contributed by atoms with Gasteiger partial charge in [0.25, 0.3) is 5.91 Å². The van der Waals surface area contributed by atoms with Gasteiger partial charge in [0.15, 0.2) is 0 Å². The summed E-state index contributed by atoms with van der Waals surface area (Å²) < 4.78 is 0. The Bertz CT molecular complexity index is 1410. The van der Waals surface area contributed by atoms with E-state index < -0.39 is 11.9 Å². The summed E-state index contributed by atoms with van der Waals surface area (Å²) in [7, 11) is 0. The zero-order valence-corrected chi connectivity index (χ0v) is 23.9. The summed E-state index contributed by atoms with van der Waals surface area (Å²) in [5, 5.41) is 15.7. The molecule has 0 saturated heterocycles. The van der Waals surface area contributed by atoms with Crippen LogP contribution in [-0.2, 0) is 6.54 Å². The van der Waals surface area contributed by atoms with E-state index in [2.05, 4.69) is 72.1 Å². The maximum Gasteiger partial charge on any atom is 0.322 e. The number of rotatable bonds is 8. The minimum Gasteiger partial charge on any atom is -0.331 e. The Hall–Kier alpha value is -4.59. The summed E-state index contributed by atoms with van der Waals surface area (Å²) in [5.74, 6) is -0.603. The van der Waals surface area contributed by atoms with Crippen molar-refractivity contribution in [3.8, 4) is 0 Å². The van der Waals surface area contributed by atoms with Crippen LogP contribution in [0.2, 0.25) is 0 Å². The number of benzene rings is 3. The molecule has 1 atom stereocenters. The van der Waals surface area contributed by atoms with Crippen LogP contribution in [-0.4, -0.2) is 17.9 Å². The number of amides is 3. The summed E-state index contributed by atoms with van der Waals surface area (Å²) in [6.45, 7) is 6.59. The number of urea groups is 1. The van der Waals surface area contributed by atoms with E-state index in [0.717, 1.165) is 29.7 Å². The maximum atomic E-state index is 13.7. The van der Waals surface area contributed by atoms with E-state index in [0.29, 0.717) is 18.0 Å². The predicted molar refractivity (Wildman–Crippen MR) is 163 cm³/mol. The van der Waals surface area contributed by atoms with Crippen LogP contribution < -0.4 is 15.5 Å². The van der Waals surface area contributed by atoms with E-state index >= 15 is 0 Å². The van der Waals surface area contributed by atoms with Crippen molar-refractivity contribution in [2.75, 3.05) is 4.90 Å². The molecule has 1 aliphatic carbocycles. The van der Waals surface area contributed by atoms with Crippen molar-refractivity contribution in [2.45, 2.75) is 65.0 Å². The van der Waals surface area contributed by atoms with Gasteiger partial charge >= 0.3 is 6.03 Å². The summed E-state index contributed by atoms with van der Waals surface area (Å²) >= 11 is 0. The Morgan fingerprint density at radius 2 is 1.56 bits per heavy atom. The third-order valence-corrected chi connectivity index (χ3v) is 7.43. The molecule has 212 valence electrons. The SMILES string of the molecule is CC(C)c1ccc(C(C)NC(=O)N(Cc2ccc(C(=O)NC(=N)N=N)cc2)c2ccc(C3=CCCCC3)cc2)cc1. The van der Waals surface area contributed by atoms with Gasteiger partial charge < -0.3 is 5.32 Å². The van der Waals surface area contributed by atoms with Crippen LogP contribution in [0.25, 0.3) is 5.57 Å². The highest BCUT2D eigenvalue weighted by molar-refractivity contribution is 6.04. The van der Waals surface area contributed by atoms with Crippen molar-refractivity contribution in [1.29, 1.82) is 10.9 Å². The molecule has 0 bridgehead atoms. The molecule has 0 fully saturated rings. The summed E-state index contributed by atoms with van der Waals surface area (Å²) in [6.07, 6.45) is 6.93. The third-order valence-electron chi connectivity index (χ3n) is 7.43. The number of hydrogen-bond acceptors (Lipinski definition) is 4. The van der Waals surface area contributed by atoms with Gasteiger partial charge in [-0.1, -0.05) is 68.5 Å². The number of guanidine groups is 1. The second-order valence-corrected chi connectivity index (χ2v) is 10.7. The molecule has 41 heavy (non-hydrogen) atoms. The van der Waals surface area contributed by atoms with Gasteiger partial charge in [-0.05, 0) is 90.6 Å². The van der Waals surface area contributed by atoms with E-state index in [9.17, 15) is 9.59 Å². The van der Waals surface area contributed by atoms with Gasteiger partial charge in [-0.3, -0.25) is 20.4 Å². The molecule has 0 aliphatic heterocycles. The molecule has 3 amide bonds. The first-order valence-electron chi connectivity index (χ1n) is 14.1. The van der Waals surface area contributed by atoms with Crippen molar-refractivity contribution in [3.63, 3.8) is 0 Å². The van der Waals surface area contributed by atoms with Crippen molar-refractivity contribution >= 4 is 29.2 Å². The van der Waals surface area contributed by atoms with Crippen LogP contribution in [0.3, 0.4) is 0 Å². The Labute approximate surface area is 241 Å². The molecular formula is C33H38N6O2. The van der Waals surface area contributed by atoms with Crippen molar-refractivity contribution in [3.05, 3.63) is 107 Å². The lowest BCUT2D eigenvalue weighted by atomic mass is 9.93. The second-order valence-electron chi connectivity index (χ2n) is 10.7. The molecule has 0 spiro atoms. The first-order chi connectivity index (χ1) is 19.7. The standard InChI is InChI=1S/C33H38N6O2/c1-22(2)25-13-15-26(16-14-25)23(3)36-33(41)39(30-19-17-28(18-20-30)27-7-5-4-6-8-27)21-24-9-11-29(12-10-24)31(40)37-32(34)38-35/h7,9-20,22-23,35H,4-6,8,21H2,1-3H3,(H,36,41)(H2,34,37,40). The number of hydrogen-bond donors (Lipinski definition) is 4. The second kappa shape index (κ2) is 13.7. The van der Waals surface area contributed by atoms with Crippen LogP contribution in [0, 0.1) is 10.9 Å². The van der Waals surface area contributed by atoms with Crippen LogP contribution in [0.1, 0.15) is 91.0 Å². The fraction of sp³-hybridized carbons (Fsp3) is 0.303. The number of carbonyl (C=O) groups is 2. The molecule has 0 aromatic heterocycles. The number of anilines is 1. The summed E-state index contributed by atoms with van der Waals surface area (Å²) in [6, 6.07) is 22.9. The number of nitrogens with zero attached hydrogens (tertiary/aromatic N) is 2. The molecule has 8 nitrogen and oxygen atoms in total. The topological polar surface area (TPSA) is 122 Å². The zero-order chi connectivity index (χ0) is 29.4. The van der Waals surface area contributed by atoms with Crippen LogP contribution in [0.4, 0.5) is 10.5 Å². The largest absolute Gasteiger partial charge is 0.331 e. The molecule has 1 aliphatic rings. The highest BCUT2D eigenvalue weighted by Gasteiger charge is 2.20. The van der Waals surface area contributed by atoms with Crippen molar-refractivity contribution < 1.29 is 9.59 Å². The van der Waals surface area contributed by atoms with Crippen LogP contribution in [0.15, 0.2) is 84.0 Å². The highest BCUT2D eigenvalue weighted by Crippen LogP contribution is 2.29. The van der Waals surface area contributed by atoms with E-state index in [1.54, 1.807) is 29.2 Å². The van der Waals surface area contributed by atoms with E-state index in [4.69, 9.17) is 10.9 Å². The molecule has 8 heteroatoms. The highest BCUT2D eigenvalue weighted by atomic mass is 16.2. The quantitative estimate of drug-likeness (QED) is 0.129. The van der Waals surface area contributed by atoms with Gasteiger partial charge in [-0.2, -0.15) is 0 Å². The van der Waals surface area contributed by atoms with Gasteiger partial charge in [0.1, 0.15) is 0 Å². The summed E-state index contributed by atoms with van der Waals surface area (Å²) in [4.78, 5) is 27.7. The Balaban J connectivity index is 1.55. The third kappa shape index (κ3) is 7.75. The fourth-order valence-electron chi connectivity index (χ4n) is 4.90. The van der Waals surface area contributed by atoms with Crippen molar-refractivity contribution in [1.82, 2.24) is 10.6 Å². The molecular weight excluding hydrogens is 512 g/mol. The van der Waals surface area contributed by atoms with Gasteiger partial charge in [0.05, 0.1) is 12.6 Å². The Kier molecular flexibility index (Phi) is 9.79. The summed E-state index contributed by atoms with van der Waals surface area (Å²) in [5.41, 5.74) is 13.6.